The van der Waals surface area contributed by atoms with Gasteiger partial charge in [0.1, 0.15) is 11.4 Å². The number of nitrogens with zero attached hydrogens (tertiary/aromatic N) is 2. The predicted molar refractivity (Wildman–Crippen MR) is 91.0 cm³/mol. The summed E-state index contributed by atoms with van der Waals surface area (Å²) in [5.41, 5.74) is 0.716. The second-order valence-electron chi connectivity index (χ2n) is 6.48. The predicted octanol–water partition coefficient (Wildman–Crippen LogP) is 4.05. The Morgan fingerprint density at radius 2 is 1.83 bits per heavy atom. The fraction of sp³-hybridized carbons (Fsp3) is 0.211. The minimum atomic E-state index is -1.21. The van der Waals surface area contributed by atoms with Crippen molar-refractivity contribution >= 4 is 11.6 Å². The average molecular weight is 325 g/mol. The number of benzene rings is 2. The minimum absolute atomic E-state index is 0.609. The summed E-state index contributed by atoms with van der Waals surface area (Å²) < 4.78 is 2.03. The Kier molecular flexibility index (Phi) is 2.96. The Morgan fingerprint density at radius 3 is 2.57 bits per heavy atom. The van der Waals surface area contributed by atoms with E-state index in [1.54, 1.807) is 6.20 Å². The largest absolute Gasteiger partial charge is 0.379 e. The molecule has 1 aromatic heterocycles. The lowest BCUT2D eigenvalue weighted by molar-refractivity contribution is -0.00115. The maximum atomic E-state index is 11.9. The summed E-state index contributed by atoms with van der Waals surface area (Å²) >= 11 is 6.25. The zero-order chi connectivity index (χ0) is 16.2. The first-order valence-corrected chi connectivity index (χ1v) is 7.96. The van der Waals surface area contributed by atoms with Gasteiger partial charge in [0, 0.05) is 23.0 Å². The fourth-order valence-corrected chi connectivity index (χ4v) is 3.83. The van der Waals surface area contributed by atoms with Crippen molar-refractivity contribution in [2.75, 3.05) is 0 Å². The topological polar surface area (TPSA) is 38.0 Å². The van der Waals surface area contributed by atoms with Crippen molar-refractivity contribution in [3.05, 3.63) is 82.9 Å². The molecule has 1 N–H and O–H groups in total. The lowest BCUT2D eigenvalue weighted by Gasteiger charge is -2.47. The molecule has 3 aromatic rings. The van der Waals surface area contributed by atoms with E-state index in [0.717, 1.165) is 22.6 Å². The molecular weight excluding hydrogens is 308 g/mol. The number of imidazole rings is 1. The van der Waals surface area contributed by atoms with E-state index in [2.05, 4.69) is 4.98 Å². The second kappa shape index (κ2) is 4.70. The Bertz CT molecular complexity index is 885. The molecule has 1 aliphatic heterocycles. The molecule has 1 unspecified atom stereocenters. The van der Waals surface area contributed by atoms with E-state index in [1.807, 2.05) is 73.1 Å². The Labute approximate surface area is 140 Å². The van der Waals surface area contributed by atoms with Crippen LogP contribution in [0.3, 0.4) is 0 Å². The SMILES string of the molecule is CC1(C)c2nccn2-c2ccc(Cl)cc2C1(O)c1ccccc1. The lowest BCUT2D eigenvalue weighted by Crippen LogP contribution is -2.50. The average Bonchev–Trinajstić information content (AvgIpc) is 3.04. The molecule has 0 bridgehead atoms. The highest BCUT2D eigenvalue weighted by molar-refractivity contribution is 6.30. The highest BCUT2D eigenvalue weighted by atomic mass is 35.5. The van der Waals surface area contributed by atoms with Crippen LogP contribution in [0.5, 0.6) is 0 Å². The van der Waals surface area contributed by atoms with Gasteiger partial charge >= 0.3 is 0 Å². The summed E-state index contributed by atoms with van der Waals surface area (Å²) in [6.07, 6.45) is 3.70. The molecular formula is C19H17ClN2O. The van der Waals surface area contributed by atoms with E-state index in [-0.39, 0.29) is 0 Å². The molecule has 3 nitrogen and oxygen atoms in total. The van der Waals surface area contributed by atoms with Gasteiger partial charge in [0.15, 0.2) is 0 Å². The smallest absolute Gasteiger partial charge is 0.129 e. The van der Waals surface area contributed by atoms with Gasteiger partial charge in [-0.05, 0) is 37.6 Å². The summed E-state index contributed by atoms with van der Waals surface area (Å²) in [5, 5.41) is 12.5. The third-order valence-electron chi connectivity index (χ3n) is 4.90. The fourth-order valence-electron chi connectivity index (χ4n) is 3.66. The van der Waals surface area contributed by atoms with Crippen molar-refractivity contribution < 1.29 is 5.11 Å². The molecule has 2 aromatic carbocycles. The molecule has 4 heteroatoms. The van der Waals surface area contributed by atoms with Gasteiger partial charge in [-0.3, -0.25) is 0 Å². The van der Waals surface area contributed by atoms with Crippen LogP contribution < -0.4 is 0 Å². The standard InChI is InChI=1S/C19H17ClN2O/c1-18(2)17-21-10-11-22(17)16-9-8-14(20)12-15(16)19(18,23)13-6-4-3-5-7-13/h3-12,23H,1-2H3. The van der Waals surface area contributed by atoms with Crippen molar-refractivity contribution in [2.24, 2.45) is 0 Å². The molecule has 0 saturated carbocycles. The normalized spacial score (nSPS) is 21.6. The van der Waals surface area contributed by atoms with Crippen molar-refractivity contribution in [2.45, 2.75) is 24.9 Å². The first-order valence-electron chi connectivity index (χ1n) is 7.58. The molecule has 2 heterocycles. The van der Waals surface area contributed by atoms with Crippen molar-refractivity contribution in [3.8, 4) is 5.69 Å². The molecule has 4 rings (SSSR count). The molecule has 0 fully saturated rings. The van der Waals surface area contributed by atoms with E-state index in [4.69, 9.17) is 11.6 Å². The molecule has 0 spiro atoms. The third-order valence-corrected chi connectivity index (χ3v) is 5.14. The molecule has 116 valence electrons. The number of fused-ring (bicyclic) bond motifs is 3. The third kappa shape index (κ3) is 1.78. The van der Waals surface area contributed by atoms with Crippen LogP contribution in [-0.2, 0) is 11.0 Å². The second-order valence-corrected chi connectivity index (χ2v) is 6.92. The van der Waals surface area contributed by atoms with Gasteiger partial charge in [-0.1, -0.05) is 41.9 Å². The van der Waals surface area contributed by atoms with Crippen LogP contribution in [0.4, 0.5) is 0 Å². The van der Waals surface area contributed by atoms with Crippen LogP contribution >= 0.6 is 11.6 Å². The summed E-state index contributed by atoms with van der Waals surface area (Å²) in [6.45, 7) is 4.03. The van der Waals surface area contributed by atoms with Gasteiger partial charge in [-0.25, -0.2) is 4.98 Å². The first kappa shape index (κ1) is 14.5. The van der Waals surface area contributed by atoms with Crippen LogP contribution in [0.2, 0.25) is 5.02 Å². The van der Waals surface area contributed by atoms with Crippen LogP contribution in [0.1, 0.15) is 30.8 Å². The zero-order valence-electron chi connectivity index (χ0n) is 13.0. The first-order chi connectivity index (χ1) is 11.0. The highest BCUT2D eigenvalue weighted by Gasteiger charge is 2.53. The Morgan fingerprint density at radius 1 is 1.09 bits per heavy atom. The number of rotatable bonds is 1. The summed E-state index contributed by atoms with van der Waals surface area (Å²) in [6, 6.07) is 15.4. The molecule has 1 aliphatic rings. The van der Waals surface area contributed by atoms with Gasteiger partial charge in [-0.15, -0.1) is 0 Å². The molecule has 0 saturated heterocycles. The summed E-state index contributed by atoms with van der Waals surface area (Å²) in [5.74, 6) is 0.832. The van der Waals surface area contributed by atoms with Gasteiger partial charge in [0.05, 0.1) is 11.1 Å². The van der Waals surface area contributed by atoms with Crippen molar-refractivity contribution in [1.82, 2.24) is 9.55 Å². The van der Waals surface area contributed by atoms with Crippen LogP contribution in [0.25, 0.3) is 5.69 Å². The van der Waals surface area contributed by atoms with E-state index in [0.29, 0.717) is 5.02 Å². The van der Waals surface area contributed by atoms with Gasteiger partial charge < -0.3 is 9.67 Å². The van der Waals surface area contributed by atoms with Crippen molar-refractivity contribution in [3.63, 3.8) is 0 Å². The monoisotopic (exact) mass is 324 g/mol. The Balaban J connectivity index is 2.13. The lowest BCUT2D eigenvalue weighted by atomic mass is 9.64. The Hall–Kier alpha value is -2.10. The molecule has 1 atom stereocenters. The number of aromatic nitrogens is 2. The van der Waals surface area contributed by atoms with E-state index in [9.17, 15) is 5.11 Å². The van der Waals surface area contributed by atoms with Crippen LogP contribution in [-0.4, -0.2) is 14.7 Å². The highest BCUT2D eigenvalue weighted by Crippen LogP contribution is 2.52. The number of hydrogen-bond donors (Lipinski definition) is 1. The van der Waals surface area contributed by atoms with E-state index in [1.165, 1.54) is 0 Å². The van der Waals surface area contributed by atoms with Crippen LogP contribution in [0.15, 0.2) is 60.9 Å². The summed E-state index contributed by atoms with van der Waals surface area (Å²) in [7, 11) is 0. The van der Waals surface area contributed by atoms with E-state index >= 15 is 0 Å². The van der Waals surface area contributed by atoms with Crippen molar-refractivity contribution in [1.29, 1.82) is 0 Å². The molecule has 0 radical (unpaired) electrons. The van der Waals surface area contributed by atoms with E-state index < -0.39 is 11.0 Å². The zero-order valence-corrected chi connectivity index (χ0v) is 13.7. The molecule has 0 aliphatic carbocycles. The van der Waals surface area contributed by atoms with Gasteiger partial charge in [0.2, 0.25) is 0 Å². The maximum Gasteiger partial charge on any atom is 0.129 e. The quantitative estimate of drug-likeness (QED) is 0.733. The van der Waals surface area contributed by atoms with Gasteiger partial charge in [-0.2, -0.15) is 0 Å². The maximum absolute atomic E-state index is 11.9. The van der Waals surface area contributed by atoms with Gasteiger partial charge in [0.25, 0.3) is 0 Å². The molecule has 0 amide bonds. The number of halogens is 1. The number of hydrogen-bond acceptors (Lipinski definition) is 2. The molecule has 23 heavy (non-hydrogen) atoms. The van der Waals surface area contributed by atoms with Crippen LogP contribution in [0, 0.1) is 0 Å². The minimum Gasteiger partial charge on any atom is -0.379 e. The number of aliphatic hydroxyl groups is 1. The summed E-state index contributed by atoms with van der Waals surface area (Å²) in [4.78, 5) is 4.52.